The van der Waals surface area contributed by atoms with Crippen LogP contribution < -0.4 is 4.74 Å². The van der Waals surface area contributed by atoms with Crippen molar-refractivity contribution in [3.05, 3.63) is 63.4 Å². The Balaban J connectivity index is 2.62. The Bertz CT molecular complexity index is 680. The fraction of sp³-hybridized carbons (Fsp3) is 0.188. The van der Waals surface area contributed by atoms with Crippen LogP contribution in [0.3, 0.4) is 0 Å². The zero-order valence-corrected chi connectivity index (χ0v) is 12.2. The van der Waals surface area contributed by atoms with Crippen LogP contribution in [0.5, 0.6) is 5.75 Å². The second-order valence-corrected chi connectivity index (χ2v) is 5.05. The number of ketones is 1. The number of hydrogen-bond donors (Lipinski definition) is 0. The van der Waals surface area contributed by atoms with Crippen LogP contribution in [-0.2, 0) is 0 Å². The molecule has 0 unspecified atom stereocenters. The third-order valence-electron chi connectivity index (χ3n) is 3.06. The standard InChI is InChI=1S/C16H14ClFO2/c1-9-6-10(2)15(14(7-9)20-3)16(19)12-8-11(17)4-5-13(12)18/h4-8H,1-3H3. The minimum Gasteiger partial charge on any atom is -0.496 e. The van der Waals surface area contributed by atoms with Gasteiger partial charge in [0.2, 0.25) is 0 Å². The van der Waals surface area contributed by atoms with Crippen molar-refractivity contribution < 1.29 is 13.9 Å². The molecular weight excluding hydrogens is 279 g/mol. The van der Waals surface area contributed by atoms with Crippen molar-refractivity contribution in [1.29, 1.82) is 0 Å². The van der Waals surface area contributed by atoms with Gasteiger partial charge >= 0.3 is 0 Å². The Kier molecular flexibility index (Phi) is 4.09. The maximum atomic E-state index is 13.8. The Labute approximate surface area is 122 Å². The van der Waals surface area contributed by atoms with E-state index in [1.807, 2.05) is 13.0 Å². The van der Waals surface area contributed by atoms with Gasteiger partial charge in [-0.1, -0.05) is 17.7 Å². The number of ether oxygens (including phenoxy) is 1. The number of carbonyl (C=O) groups is 1. The number of benzene rings is 2. The van der Waals surface area contributed by atoms with E-state index < -0.39 is 11.6 Å². The highest BCUT2D eigenvalue weighted by molar-refractivity contribution is 6.31. The predicted octanol–water partition coefficient (Wildman–Crippen LogP) is 4.34. The van der Waals surface area contributed by atoms with Gasteiger partial charge in [-0.05, 0) is 49.2 Å². The van der Waals surface area contributed by atoms with E-state index in [1.54, 1.807) is 13.0 Å². The van der Waals surface area contributed by atoms with E-state index in [4.69, 9.17) is 16.3 Å². The van der Waals surface area contributed by atoms with Crippen molar-refractivity contribution in [3.8, 4) is 5.75 Å². The minimum absolute atomic E-state index is 0.0530. The average Bonchev–Trinajstić information content (AvgIpc) is 2.40. The van der Waals surface area contributed by atoms with Gasteiger partial charge in [-0.15, -0.1) is 0 Å². The van der Waals surface area contributed by atoms with Crippen molar-refractivity contribution in [2.45, 2.75) is 13.8 Å². The van der Waals surface area contributed by atoms with E-state index >= 15 is 0 Å². The normalized spacial score (nSPS) is 10.4. The lowest BCUT2D eigenvalue weighted by molar-refractivity contribution is 0.103. The summed E-state index contributed by atoms with van der Waals surface area (Å²) in [4.78, 5) is 12.6. The van der Waals surface area contributed by atoms with Crippen molar-refractivity contribution in [3.63, 3.8) is 0 Å². The van der Waals surface area contributed by atoms with Gasteiger partial charge in [0.25, 0.3) is 0 Å². The summed E-state index contributed by atoms with van der Waals surface area (Å²) in [5, 5.41) is 0.318. The largest absolute Gasteiger partial charge is 0.496 e. The van der Waals surface area contributed by atoms with E-state index in [0.29, 0.717) is 16.3 Å². The molecule has 0 N–H and O–H groups in total. The predicted molar refractivity (Wildman–Crippen MR) is 77.3 cm³/mol. The smallest absolute Gasteiger partial charge is 0.200 e. The Morgan fingerprint density at radius 2 is 1.90 bits per heavy atom. The Hall–Kier alpha value is -1.87. The van der Waals surface area contributed by atoms with E-state index in [1.165, 1.54) is 25.3 Å². The van der Waals surface area contributed by atoms with Gasteiger partial charge in [-0.3, -0.25) is 4.79 Å². The van der Waals surface area contributed by atoms with Crippen LogP contribution in [0.1, 0.15) is 27.0 Å². The zero-order valence-electron chi connectivity index (χ0n) is 11.5. The molecule has 2 aromatic carbocycles. The van der Waals surface area contributed by atoms with Gasteiger partial charge in [-0.2, -0.15) is 0 Å². The molecule has 0 bridgehead atoms. The highest BCUT2D eigenvalue weighted by Crippen LogP contribution is 2.28. The van der Waals surface area contributed by atoms with E-state index in [9.17, 15) is 9.18 Å². The molecule has 0 aliphatic rings. The number of rotatable bonds is 3. The first-order valence-corrected chi connectivity index (χ1v) is 6.47. The molecule has 2 nitrogen and oxygen atoms in total. The monoisotopic (exact) mass is 292 g/mol. The highest BCUT2D eigenvalue weighted by Gasteiger charge is 2.21. The summed E-state index contributed by atoms with van der Waals surface area (Å²) in [6, 6.07) is 7.54. The lowest BCUT2D eigenvalue weighted by atomic mass is 9.96. The molecule has 0 saturated carbocycles. The van der Waals surface area contributed by atoms with Crippen LogP contribution in [-0.4, -0.2) is 12.9 Å². The first-order chi connectivity index (χ1) is 9.43. The Morgan fingerprint density at radius 1 is 1.20 bits per heavy atom. The highest BCUT2D eigenvalue weighted by atomic mass is 35.5. The van der Waals surface area contributed by atoms with Crippen molar-refractivity contribution in [1.82, 2.24) is 0 Å². The van der Waals surface area contributed by atoms with E-state index in [2.05, 4.69) is 0 Å². The molecule has 104 valence electrons. The number of halogens is 2. The number of hydrogen-bond acceptors (Lipinski definition) is 2. The third kappa shape index (κ3) is 2.68. The topological polar surface area (TPSA) is 26.3 Å². The van der Waals surface area contributed by atoms with Gasteiger partial charge < -0.3 is 4.74 Å². The van der Waals surface area contributed by atoms with Crippen LogP contribution in [0.25, 0.3) is 0 Å². The summed E-state index contributed by atoms with van der Waals surface area (Å²) < 4.78 is 19.1. The summed E-state index contributed by atoms with van der Waals surface area (Å²) in [6.07, 6.45) is 0. The number of aryl methyl sites for hydroxylation is 2. The van der Waals surface area contributed by atoms with Crippen LogP contribution in [0, 0.1) is 19.7 Å². The van der Waals surface area contributed by atoms with Crippen LogP contribution in [0.2, 0.25) is 5.02 Å². The molecule has 2 rings (SSSR count). The average molecular weight is 293 g/mol. The van der Waals surface area contributed by atoms with Gasteiger partial charge in [0.1, 0.15) is 11.6 Å². The van der Waals surface area contributed by atoms with E-state index in [-0.39, 0.29) is 5.56 Å². The fourth-order valence-electron chi connectivity index (χ4n) is 2.19. The summed E-state index contributed by atoms with van der Waals surface area (Å²) in [5.74, 6) is -0.590. The molecular formula is C16H14ClFO2. The summed E-state index contributed by atoms with van der Waals surface area (Å²) in [7, 11) is 1.49. The second kappa shape index (κ2) is 5.63. The number of carbonyl (C=O) groups excluding carboxylic acids is 1. The van der Waals surface area contributed by atoms with Crippen LogP contribution >= 0.6 is 11.6 Å². The van der Waals surface area contributed by atoms with Gasteiger partial charge in [-0.25, -0.2) is 4.39 Å². The van der Waals surface area contributed by atoms with Crippen molar-refractivity contribution in [2.75, 3.05) is 7.11 Å². The molecule has 0 saturated heterocycles. The lowest BCUT2D eigenvalue weighted by Crippen LogP contribution is -2.09. The molecule has 0 spiro atoms. The maximum Gasteiger partial charge on any atom is 0.200 e. The molecule has 4 heteroatoms. The summed E-state index contributed by atoms with van der Waals surface area (Å²) in [5.41, 5.74) is 2.02. The van der Waals surface area contributed by atoms with Gasteiger partial charge in [0, 0.05) is 5.02 Å². The van der Waals surface area contributed by atoms with Crippen LogP contribution in [0.15, 0.2) is 30.3 Å². The molecule has 0 fully saturated rings. The first kappa shape index (κ1) is 14.5. The minimum atomic E-state index is -0.596. The lowest BCUT2D eigenvalue weighted by Gasteiger charge is -2.12. The van der Waals surface area contributed by atoms with Crippen molar-refractivity contribution >= 4 is 17.4 Å². The zero-order chi connectivity index (χ0) is 14.9. The molecule has 0 heterocycles. The SMILES string of the molecule is COc1cc(C)cc(C)c1C(=O)c1cc(Cl)ccc1F. The van der Waals surface area contributed by atoms with Gasteiger partial charge in [0.05, 0.1) is 18.2 Å². The molecule has 0 aliphatic carbocycles. The molecule has 0 aromatic heterocycles. The first-order valence-electron chi connectivity index (χ1n) is 6.09. The summed E-state index contributed by atoms with van der Waals surface area (Å²) >= 11 is 5.84. The molecule has 20 heavy (non-hydrogen) atoms. The molecule has 0 radical (unpaired) electrons. The second-order valence-electron chi connectivity index (χ2n) is 4.61. The van der Waals surface area contributed by atoms with E-state index in [0.717, 1.165) is 11.1 Å². The van der Waals surface area contributed by atoms with Crippen LogP contribution in [0.4, 0.5) is 4.39 Å². The fourth-order valence-corrected chi connectivity index (χ4v) is 2.36. The third-order valence-corrected chi connectivity index (χ3v) is 3.30. The molecule has 0 atom stereocenters. The van der Waals surface area contributed by atoms with Crippen molar-refractivity contribution in [2.24, 2.45) is 0 Å². The quantitative estimate of drug-likeness (QED) is 0.787. The Morgan fingerprint density at radius 3 is 2.55 bits per heavy atom. The molecule has 0 amide bonds. The number of methoxy groups -OCH3 is 1. The summed E-state index contributed by atoms with van der Waals surface area (Å²) in [6.45, 7) is 3.70. The molecule has 0 aliphatic heterocycles. The molecule has 2 aromatic rings. The maximum absolute atomic E-state index is 13.8. The van der Waals surface area contributed by atoms with Gasteiger partial charge in [0.15, 0.2) is 5.78 Å².